The number of hydrogen-bond donors (Lipinski definition) is 0. The predicted octanol–water partition coefficient (Wildman–Crippen LogP) is 9.74. The summed E-state index contributed by atoms with van der Waals surface area (Å²) in [5, 5.41) is 2.47. The molecule has 1 aliphatic rings. The summed E-state index contributed by atoms with van der Waals surface area (Å²) in [7, 11) is 0. The molecule has 8 aromatic rings. The van der Waals surface area contributed by atoms with Gasteiger partial charge in [-0.15, -0.1) is 0 Å². The van der Waals surface area contributed by atoms with Gasteiger partial charge in [0.2, 0.25) is 0 Å². The number of nitrogens with zero attached hydrogens (tertiary/aromatic N) is 4. The van der Waals surface area contributed by atoms with Crippen molar-refractivity contribution in [3.63, 3.8) is 0 Å². The normalized spacial score (nSPS) is 13.5. The molecular weight excluding hydrogens is 548 g/mol. The van der Waals surface area contributed by atoms with Crippen molar-refractivity contribution in [2.24, 2.45) is 0 Å². The van der Waals surface area contributed by atoms with Gasteiger partial charge < -0.3 is 4.57 Å². The van der Waals surface area contributed by atoms with Crippen LogP contribution in [0.15, 0.2) is 170 Å². The minimum absolute atomic E-state index is 0.531. The third-order valence-corrected chi connectivity index (χ3v) is 9.21. The van der Waals surface area contributed by atoms with E-state index >= 15 is 0 Å². The van der Waals surface area contributed by atoms with Gasteiger partial charge in [-0.3, -0.25) is 9.88 Å². The molecule has 0 spiro atoms. The van der Waals surface area contributed by atoms with Gasteiger partial charge in [0.25, 0.3) is 0 Å². The van der Waals surface area contributed by atoms with Crippen LogP contribution in [0, 0.1) is 0 Å². The number of benzene rings is 5. The molecule has 0 atom stereocenters. The van der Waals surface area contributed by atoms with Crippen molar-refractivity contribution >= 4 is 39.0 Å². The van der Waals surface area contributed by atoms with Crippen LogP contribution in [-0.4, -0.2) is 14.5 Å². The molecule has 45 heavy (non-hydrogen) atoms. The standard InChI is InChI=1S/C41H28N4/c1-3-13-29(14-4-1)41(30-15-5-2-6-16-30)34-19-9-12-22-38(34)45(39-28-42-26-25-35(39)41)40-24-23-31(27-43-40)44-36-20-10-7-17-32(36)33-18-8-11-21-37(33)44/h1-28H. The molecule has 0 radical (unpaired) electrons. The fraction of sp³-hybridized carbons (Fsp3) is 0.0244. The SMILES string of the molecule is c1ccc(C2(c3ccccc3)c3ccccc3N(c3ccc(-n4c5ccccc5c5ccccc54)cn3)c3cnccc32)cc1. The first-order valence-corrected chi connectivity index (χ1v) is 15.3. The molecule has 0 unspecified atom stereocenters. The minimum atomic E-state index is -0.531. The first-order chi connectivity index (χ1) is 22.4. The van der Waals surface area contributed by atoms with Crippen molar-refractivity contribution in [3.8, 4) is 5.69 Å². The van der Waals surface area contributed by atoms with E-state index in [0.717, 1.165) is 22.9 Å². The maximum absolute atomic E-state index is 5.14. The van der Waals surface area contributed by atoms with Gasteiger partial charge in [0, 0.05) is 17.0 Å². The number of anilines is 3. The second kappa shape index (κ2) is 10.0. The summed E-state index contributed by atoms with van der Waals surface area (Å²) in [6, 6.07) is 54.0. The van der Waals surface area contributed by atoms with Crippen LogP contribution in [0.1, 0.15) is 22.3 Å². The molecule has 5 aromatic carbocycles. The largest absolute Gasteiger partial charge is 0.308 e. The van der Waals surface area contributed by atoms with Crippen molar-refractivity contribution in [2.45, 2.75) is 5.41 Å². The van der Waals surface area contributed by atoms with E-state index in [9.17, 15) is 0 Å². The summed E-state index contributed by atoms with van der Waals surface area (Å²) in [6.07, 6.45) is 5.88. The Morgan fingerprint density at radius 3 is 1.69 bits per heavy atom. The summed E-state index contributed by atoms with van der Waals surface area (Å²) in [5.74, 6) is 0.843. The molecule has 3 aromatic heterocycles. The van der Waals surface area contributed by atoms with Gasteiger partial charge in [-0.1, -0.05) is 115 Å². The number of para-hydroxylation sites is 3. The molecule has 4 nitrogen and oxygen atoms in total. The van der Waals surface area contributed by atoms with Crippen LogP contribution in [0.2, 0.25) is 0 Å². The Morgan fingerprint density at radius 2 is 1.04 bits per heavy atom. The van der Waals surface area contributed by atoms with E-state index in [0.29, 0.717) is 0 Å². The highest BCUT2D eigenvalue weighted by Crippen LogP contribution is 2.57. The van der Waals surface area contributed by atoms with Crippen LogP contribution in [-0.2, 0) is 5.41 Å². The number of fused-ring (bicyclic) bond motifs is 5. The van der Waals surface area contributed by atoms with Crippen molar-refractivity contribution in [3.05, 3.63) is 193 Å². The number of aromatic nitrogens is 3. The summed E-state index contributed by atoms with van der Waals surface area (Å²) in [4.78, 5) is 12.1. The number of rotatable bonds is 4. The lowest BCUT2D eigenvalue weighted by molar-refractivity contribution is 0.728. The zero-order valence-corrected chi connectivity index (χ0v) is 24.5. The van der Waals surface area contributed by atoms with Gasteiger partial charge >= 0.3 is 0 Å². The smallest absolute Gasteiger partial charge is 0.137 e. The highest BCUT2D eigenvalue weighted by atomic mass is 15.2. The Kier molecular flexibility index (Phi) is 5.69. The second-order valence-electron chi connectivity index (χ2n) is 11.5. The van der Waals surface area contributed by atoms with Crippen LogP contribution < -0.4 is 4.90 Å². The average Bonchev–Trinajstić information content (AvgIpc) is 3.46. The molecule has 0 fully saturated rings. The van der Waals surface area contributed by atoms with Crippen LogP contribution in [0.5, 0.6) is 0 Å². The fourth-order valence-corrected chi connectivity index (χ4v) is 7.40. The monoisotopic (exact) mass is 576 g/mol. The Balaban J connectivity index is 1.27. The lowest BCUT2D eigenvalue weighted by Gasteiger charge is -2.45. The predicted molar refractivity (Wildman–Crippen MR) is 183 cm³/mol. The molecule has 9 rings (SSSR count). The Hall–Kier alpha value is -6.00. The van der Waals surface area contributed by atoms with E-state index in [2.05, 4.69) is 166 Å². The lowest BCUT2D eigenvalue weighted by atomic mass is 9.63. The maximum atomic E-state index is 5.14. The molecular formula is C41H28N4. The first kappa shape index (κ1) is 25.5. The van der Waals surface area contributed by atoms with Gasteiger partial charge in [0.1, 0.15) is 5.82 Å². The second-order valence-corrected chi connectivity index (χ2v) is 11.5. The molecule has 212 valence electrons. The van der Waals surface area contributed by atoms with E-state index < -0.39 is 5.41 Å². The summed E-state index contributed by atoms with van der Waals surface area (Å²) in [6.45, 7) is 0. The Bertz CT molecular complexity index is 2180. The van der Waals surface area contributed by atoms with Gasteiger partial charge in [0.05, 0.1) is 45.9 Å². The summed E-state index contributed by atoms with van der Waals surface area (Å²) < 4.78 is 2.30. The van der Waals surface area contributed by atoms with Crippen LogP contribution in [0.25, 0.3) is 27.5 Å². The molecule has 0 aliphatic carbocycles. The molecule has 0 saturated heterocycles. The van der Waals surface area contributed by atoms with Crippen molar-refractivity contribution in [2.75, 3.05) is 4.90 Å². The molecule has 0 N–H and O–H groups in total. The number of hydrogen-bond acceptors (Lipinski definition) is 3. The third-order valence-electron chi connectivity index (χ3n) is 9.21. The van der Waals surface area contributed by atoms with E-state index in [-0.39, 0.29) is 0 Å². The molecule has 1 aliphatic heterocycles. The summed E-state index contributed by atoms with van der Waals surface area (Å²) >= 11 is 0. The maximum Gasteiger partial charge on any atom is 0.137 e. The van der Waals surface area contributed by atoms with Gasteiger partial charge in [-0.25, -0.2) is 4.98 Å². The summed E-state index contributed by atoms with van der Waals surface area (Å²) in [5.41, 5.74) is 9.73. The van der Waals surface area contributed by atoms with Crippen LogP contribution in [0.4, 0.5) is 17.2 Å². The van der Waals surface area contributed by atoms with Gasteiger partial charge in [0.15, 0.2) is 0 Å². The molecule has 0 bridgehead atoms. The molecule has 4 heterocycles. The van der Waals surface area contributed by atoms with Crippen LogP contribution in [0.3, 0.4) is 0 Å². The third kappa shape index (κ3) is 3.66. The average molecular weight is 577 g/mol. The van der Waals surface area contributed by atoms with E-state index in [4.69, 9.17) is 4.98 Å². The van der Waals surface area contributed by atoms with E-state index in [1.54, 1.807) is 0 Å². The van der Waals surface area contributed by atoms with Crippen LogP contribution >= 0.6 is 0 Å². The highest BCUT2D eigenvalue weighted by molar-refractivity contribution is 6.09. The zero-order valence-electron chi connectivity index (χ0n) is 24.5. The van der Waals surface area contributed by atoms with E-state index in [1.165, 1.54) is 44.1 Å². The minimum Gasteiger partial charge on any atom is -0.308 e. The zero-order chi connectivity index (χ0) is 29.8. The molecule has 4 heteroatoms. The van der Waals surface area contributed by atoms with Gasteiger partial charge in [-0.05, 0) is 58.7 Å². The Morgan fingerprint density at radius 1 is 0.467 bits per heavy atom. The molecule has 0 amide bonds. The van der Waals surface area contributed by atoms with Crippen molar-refractivity contribution < 1.29 is 0 Å². The Labute approximate surface area is 261 Å². The van der Waals surface area contributed by atoms with Gasteiger partial charge in [-0.2, -0.15) is 0 Å². The number of pyridine rings is 2. The topological polar surface area (TPSA) is 34.0 Å². The highest BCUT2D eigenvalue weighted by Gasteiger charge is 2.46. The van der Waals surface area contributed by atoms with Crippen molar-refractivity contribution in [1.82, 2.24) is 14.5 Å². The van der Waals surface area contributed by atoms with Crippen molar-refractivity contribution in [1.29, 1.82) is 0 Å². The van der Waals surface area contributed by atoms with E-state index in [1.807, 2.05) is 18.6 Å². The molecule has 0 saturated carbocycles. The fourth-order valence-electron chi connectivity index (χ4n) is 7.40. The quantitative estimate of drug-likeness (QED) is 0.209. The lowest BCUT2D eigenvalue weighted by Crippen LogP contribution is -2.38. The first-order valence-electron chi connectivity index (χ1n) is 15.3.